The predicted molar refractivity (Wildman–Crippen MR) is 82.8 cm³/mol. The average Bonchev–Trinajstić information content (AvgIpc) is 2.24. The fourth-order valence-corrected chi connectivity index (χ4v) is 2.84. The monoisotopic (exact) mass is 284 g/mol. The van der Waals surface area contributed by atoms with Crippen LogP contribution in [0.4, 0.5) is 4.79 Å². The van der Waals surface area contributed by atoms with Gasteiger partial charge in [-0.15, -0.1) is 0 Å². The van der Waals surface area contributed by atoms with E-state index in [2.05, 4.69) is 31.0 Å². The third-order valence-electron chi connectivity index (χ3n) is 3.53. The van der Waals surface area contributed by atoms with Gasteiger partial charge in [0.2, 0.25) is 0 Å². The van der Waals surface area contributed by atoms with E-state index in [1.165, 1.54) is 6.42 Å². The largest absolute Gasteiger partial charge is 0.444 e. The number of carbonyl (C=O) groups is 1. The maximum Gasteiger partial charge on any atom is 0.407 e. The SMILES string of the molecule is CCC1CC(NC(=O)OC(C)(C)C)CN(CC(C)C)C1. The van der Waals surface area contributed by atoms with Crippen LogP contribution in [0.1, 0.15) is 54.4 Å². The number of rotatable bonds is 4. The zero-order valence-electron chi connectivity index (χ0n) is 14.0. The van der Waals surface area contributed by atoms with Crippen molar-refractivity contribution in [3.8, 4) is 0 Å². The Morgan fingerprint density at radius 3 is 2.50 bits per heavy atom. The molecule has 20 heavy (non-hydrogen) atoms. The fourth-order valence-electron chi connectivity index (χ4n) is 2.84. The molecule has 0 radical (unpaired) electrons. The van der Waals surface area contributed by atoms with Gasteiger partial charge in [-0.25, -0.2) is 4.79 Å². The highest BCUT2D eigenvalue weighted by atomic mass is 16.6. The Balaban J connectivity index is 2.53. The topological polar surface area (TPSA) is 41.6 Å². The van der Waals surface area contributed by atoms with Crippen molar-refractivity contribution in [1.82, 2.24) is 10.2 Å². The summed E-state index contributed by atoms with van der Waals surface area (Å²) >= 11 is 0. The highest BCUT2D eigenvalue weighted by Crippen LogP contribution is 2.21. The van der Waals surface area contributed by atoms with E-state index in [9.17, 15) is 4.79 Å². The number of likely N-dealkylation sites (tertiary alicyclic amines) is 1. The molecule has 1 heterocycles. The minimum atomic E-state index is -0.430. The highest BCUT2D eigenvalue weighted by Gasteiger charge is 2.28. The first-order valence-electron chi connectivity index (χ1n) is 7.91. The van der Waals surface area contributed by atoms with Crippen LogP contribution in [0.2, 0.25) is 0 Å². The van der Waals surface area contributed by atoms with Gasteiger partial charge in [-0.1, -0.05) is 27.2 Å². The van der Waals surface area contributed by atoms with Crippen LogP contribution in [-0.2, 0) is 4.74 Å². The lowest BCUT2D eigenvalue weighted by atomic mass is 9.91. The van der Waals surface area contributed by atoms with Crippen molar-refractivity contribution in [3.63, 3.8) is 0 Å². The molecule has 0 saturated carbocycles. The summed E-state index contributed by atoms with van der Waals surface area (Å²) in [4.78, 5) is 14.4. The normalized spacial score (nSPS) is 24.8. The number of nitrogens with one attached hydrogen (secondary N) is 1. The maximum atomic E-state index is 11.9. The number of hydrogen-bond donors (Lipinski definition) is 1. The first-order valence-corrected chi connectivity index (χ1v) is 7.91. The molecule has 2 unspecified atom stereocenters. The molecule has 4 nitrogen and oxygen atoms in total. The third kappa shape index (κ3) is 6.60. The van der Waals surface area contributed by atoms with Crippen molar-refractivity contribution in [1.29, 1.82) is 0 Å². The molecule has 1 aliphatic heterocycles. The van der Waals surface area contributed by atoms with Crippen LogP contribution >= 0.6 is 0 Å². The second-order valence-corrected chi connectivity index (χ2v) is 7.47. The molecule has 2 atom stereocenters. The number of piperidine rings is 1. The van der Waals surface area contributed by atoms with E-state index in [0.29, 0.717) is 11.8 Å². The summed E-state index contributed by atoms with van der Waals surface area (Å²) in [5.41, 5.74) is -0.430. The van der Waals surface area contributed by atoms with Crippen molar-refractivity contribution in [3.05, 3.63) is 0 Å². The van der Waals surface area contributed by atoms with E-state index < -0.39 is 5.60 Å². The van der Waals surface area contributed by atoms with Crippen molar-refractivity contribution < 1.29 is 9.53 Å². The van der Waals surface area contributed by atoms with Crippen molar-refractivity contribution in [2.45, 2.75) is 66.0 Å². The van der Waals surface area contributed by atoms with E-state index in [4.69, 9.17) is 4.74 Å². The highest BCUT2D eigenvalue weighted by molar-refractivity contribution is 5.68. The lowest BCUT2D eigenvalue weighted by Gasteiger charge is -2.38. The predicted octanol–water partition coefficient (Wildman–Crippen LogP) is 3.27. The minimum Gasteiger partial charge on any atom is -0.444 e. The number of ether oxygens (including phenoxy) is 1. The summed E-state index contributed by atoms with van der Waals surface area (Å²) in [5.74, 6) is 1.33. The second-order valence-electron chi connectivity index (χ2n) is 7.47. The van der Waals surface area contributed by atoms with Crippen LogP contribution in [0, 0.1) is 11.8 Å². The standard InChI is InChI=1S/C16H32N2O2/c1-7-13-8-14(11-18(10-13)9-12(2)3)17-15(19)20-16(4,5)6/h12-14H,7-11H2,1-6H3,(H,17,19). The van der Waals surface area contributed by atoms with E-state index in [-0.39, 0.29) is 12.1 Å². The number of nitrogens with zero attached hydrogens (tertiary/aromatic N) is 1. The Hall–Kier alpha value is -0.770. The van der Waals surface area contributed by atoms with Crippen LogP contribution < -0.4 is 5.32 Å². The number of carbonyl (C=O) groups excluding carboxylic acids is 1. The molecule has 1 fully saturated rings. The summed E-state index contributed by atoms with van der Waals surface area (Å²) < 4.78 is 5.36. The van der Waals surface area contributed by atoms with Gasteiger partial charge in [0, 0.05) is 25.7 Å². The zero-order valence-corrected chi connectivity index (χ0v) is 14.0. The summed E-state index contributed by atoms with van der Waals surface area (Å²) in [6.07, 6.45) is 1.94. The summed E-state index contributed by atoms with van der Waals surface area (Å²) in [6.45, 7) is 15.6. The third-order valence-corrected chi connectivity index (χ3v) is 3.53. The number of hydrogen-bond acceptors (Lipinski definition) is 3. The molecule has 1 N–H and O–H groups in total. The molecule has 4 heteroatoms. The van der Waals surface area contributed by atoms with Crippen molar-refractivity contribution >= 4 is 6.09 Å². The molecule has 1 amide bonds. The van der Waals surface area contributed by atoms with Gasteiger partial charge in [0.15, 0.2) is 0 Å². The molecule has 0 bridgehead atoms. The Labute approximate surface area is 124 Å². The minimum absolute atomic E-state index is 0.210. The van der Waals surface area contributed by atoms with Crippen molar-refractivity contribution in [2.75, 3.05) is 19.6 Å². The molecule has 1 saturated heterocycles. The Bertz CT molecular complexity index is 310. The van der Waals surface area contributed by atoms with E-state index in [1.807, 2.05) is 20.8 Å². The molecule has 0 aromatic heterocycles. The maximum absolute atomic E-state index is 11.9. The van der Waals surface area contributed by atoms with E-state index in [1.54, 1.807) is 0 Å². The van der Waals surface area contributed by atoms with Gasteiger partial charge < -0.3 is 15.0 Å². The number of alkyl carbamates (subject to hydrolysis) is 1. The Morgan fingerprint density at radius 2 is 2.00 bits per heavy atom. The zero-order chi connectivity index (χ0) is 15.3. The molecular formula is C16H32N2O2. The quantitative estimate of drug-likeness (QED) is 0.861. The molecule has 1 rings (SSSR count). The lowest BCUT2D eigenvalue weighted by molar-refractivity contribution is 0.0441. The molecule has 0 aliphatic carbocycles. The Kier molecular flexibility index (Phi) is 6.31. The summed E-state index contributed by atoms with van der Waals surface area (Å²) in [6, 6.07) is 0.210. The summed E-state index contributed by atoms with van der Waals surface area (Å²) in [7, 11) is 0. The van der Waals surface area contributed by atoms with E-state index in [0.717, 1.165) is 26.1 Å². The molecule has 0 aromatic carbocycles. The molecular weight excluding hydrogens is 252 g/mol. The Morgan fingerprint density at radius 1 is 1.35 bits per heavy atom. The van der Waals surface area contributed by atoms with Gasteiger partial charge in [-0.05, 0) is 39.0 Å². The molecule has 0 spiro atoms. The van der Waals surface area contributed by atoms with Crippen LogP contribution in [0.25, 0.3) is 0 Å². The van der Waals surface area contributed by atoms with Gasteiger partial charge in [-0.2, -0.15) is 0 Å². The van der Waals surface area contributed by atoms with Gasteiger partial charge in [0.05, 0.1) is 0 Å². The van der Waals surface area contributed by atoms with Gasteiger partial charge in [0.25, 0.3) is 0 Å². The average molecular weight is 284 g/mol. The molecule has 118 valence electrons. The van der Waals surface area contributed by atoms with Crippen LogP contribution in [0.15, 0.2) is 0 Å². The van der Waals surface area contributed by atoms with Gasteiger partial charge in [0.1, 0.15) is 5.60 Å². The van der Waals surface area contributed by atoms with Crippen LogP contribution in [0.3, 0.4) is 0 Å². The lowest BCUT2D eigenvalue weighted by Crippen LogP contribution is -2.52. The van der Waals surface area contributed by atoms with Gasteiger partial charge >= 0.3 is 6.09 Å². The second kappa shape index (κ2) is 7.30. The van der Waals surface area contributed by atoms with Crippen molar-refractivity contribution in [2.24, 2.45) is 11.8 Å². The van der Waals surface area contributed by atoms with E-state index >= 15 is 0 Å². The first-order chi connectivity index (χ1) is 9.19. The first kappa shape index (κ1) is 17.3. The number of amides is 1. The molecule has 0 aromatic rings. The fraction of sp³-hybridized carbons (Fsp3) is 0.938. The molecule has 1 aliphatic rings. The summed E-state index contributed by atoms with van der Waals surface area (Å²) in [5, 5.41) is 3.04. The smallest absolute Gasteiger partial charge is 0.407 e. The van der Waals surface area contributed by atoms with Crippen LogP contribution in [-0.4, -0.2) is 42.3 Å². The van der Waals surface area contributed by atoms with Crippen LogP contribution in [0.5, 0.6) is 0 Å². The van der Waals surface area contributed by atoms with Gasteiger partial charge in [-0.3, -0.25) is 0 Å².